The van der Waals surface area contributed by atoms with Gasteiger partial charge in [-0.05, 0) is 19.3 Å². The maximum atomic E-state index is 5.98. The lowest BCUT2D eigenvalue weighted by atomic mass is 9.94. The molecule has 0 amide bonds. The van der Waals surface area contributed by atoms with Crippen molar-refractivity contribution in [2.75, 3.05) is 0 Å². The first-order valence-electron chi connectivity index (χ1n) is 3.57. The van der Waals surface area contributed by atoms with E-state index in [2.05, 4.69) is 12.2 Å². The summed E-state index contributed by atoms with van der Waals surface area (Å²) < 4.78 is 0.307. The molecule has 62 valence electrons. The molecule has 0 spiro atoms. The first-order chi connectivity index (χ1) is 5.12. The van der Waals surface area contributed by atoms with Gasteiger partial charge in [-0.2, -0.15) is 0 Å². The van der Waals surface area contributed by atoms with Crippen molar-refractivity contribution in [1.82, 2.24) is 0 Å². The Morgan fingerprint density at radius 1 is 1.45 bits per heavy atom. The van der Waals surface area contributed by atoms with Crippen LogP contribution in [0, 0.1) is 0 Å². The average Bonchev–Trinajstić information content (AvgIpc) is 2.33. The van der Waals surface area contributed by atoms with Crippen LogP contribution >= 0.6 is 23.2 Å². The van der Waals surface area contributed by atoms with Crippen LogP contribution in [0.5, 0.6) is 0 Å². The van der Waals surface area contributed by atoms with Crippen molar-refractivity contribution in [3.63, 3.8) is 0 Å². The molecule has 0 radical (unpaired) electrons. The van der Waals surface area contributed by atoms with Crippen molar-refractivity contribution < 1.29 is 0 Å². The van der Waals surface area contributed by atoms with E-state index in [1.54, 1.807) is 6.08 Å². The van der Waals surface area contributed by atoms with E-state index in [1.807, 2.05) is 0 Å². The minimum atomic E-state index is -0.130. The fraction of sp³-hybridized carbons (Fsp3) is 0.500. The van der Waals surface area contributed by atoms with Gasteiger partial charge in [0, 0.05) is 5.54 Å². The first kappa shape index (κ1) is 9.11. The van der Waals surface area contributed by atoms with E-state index in [0.717, 1.165) is 19.3 Å². The Morgan fingerprint density at radius 2 is 2.00 bits per heavy atom. The number of hydrogen-bond acceptors (Lipinski definition) is 1. The predicted octanol–water partition coefficient (Wildman–Crippen LogP) is 2.74. The summed E-state index contributed by atoms with van der Waals surface area (Å²) in [6.45, 7) is 0. The van der Waals surface area contributed by atoms with Gasteiger partial charge in [0.25, 0.3) is 0 Å². The van der Waals surface area contributed by atoms with Crippen LogP contribution in [-0.2, 0) is 0 Å². The van der Waals surface area contributed by atoms with E-state index < -0.39 is 0 Å². The van der Waals surface area contributed by atoms with E-state index in [0.29, 0.717) is 4.49 Å². The molecule has 0 fully saturated rings. The Balaban J connectivity index is 2.42. The maximum absolute atomic E-state index is 5.98. The standard InChI is InChI=1S/C8H11Cl2N/c9-7(10)3-6-8(11)4-1-2-5-8/h1-3H,4-6,11H2. The molecular formula is C8H11Cl2N. The number of rotatable bonds is 2. The molecule has 0 aromatic carbocycles. The Hall–Kier alpha value is 0.0200. The lowest BCUT2D eigenvalue weighted by molar-refractivity contribution is 0.462. The summed E-state index contributed by atoms with van der Waals surface area (Å²) in [5, 5.41) is 0. The molecule has 0 aromatic heterocycles. The molecule has 0 aromatic rings. The van der Waals surface area contributed by atoms with Crippen LogP contribution in [0.25, 0.3) is 0 Å². The molecule has 0 saturated carbocycles. The molecule has 0 unspecified atom stereocenters. The smallest absolute Gasteiger partial charge is 0.102 e. The van der Waals surface area contributed by atoms with E-state index >= 15 is 0 Å². The lowest BCUT2D eigenvalue weighted by Crippen LogP contribution is -2.35. The normalized spacial score (nSPS) is 20.3. The van der Waals surface area contributed by atoms with Crippen LogP contribution in [0.2, 0.25) is 0 Å². The SMILES string of the molecule is NC1(CC=C(Cl)Cl)CC=CC1. The fourth-order valence-electron chi connectivity index (χ4n) is 1.17. The quantitative estimate of drug-likeness (QED) is 0.668. The van der Waals surface area contributed by atoms with Gasteiger partial charge in [0.2, 0.25) is 0 Å². The van der Waals surface area contributed by atoms with Gasteiger partial charge in [-0.3, -0.25) is 0 Å². The molecular weight excluding hydrogens is 181 g/mol. The van der Waals surface area contributed by atoms with Crippen LogP contribution in [0.4, 0.5) is 0 Å². The van der Waals surface area contributed by atoms with Crippen molar-refractivity contribution in [3.8, 4) is 0 Å². The molecule has 1 aliphatic rings. The Morgan fingerprint density at radius 3 is 2.45 bits per heavy atom. The summed E-state index contributed by atoms with van der Waals surface area (Å²) in [6, 6.07) is 0. The number of hydrogen-bond donors (Lipinski definition) is 1. The van der Waals surface area contributed by atoms with Gasteiger partial charge >= 0.3 is 0 Å². The lowest BCUT2D eigenvalue weighted by Gasteiger charge is -2.21. The molecule has 0 aliphatic heterocycles. The van der Waals surface area contributed by atoms with Crippen molar-refractivity contribution in [3.05, 3.63) is 22.7 Å². The maximum Gasteiger partial charge on any atom is 0.102 e. The minimum Gasteiger partial charge on any atom is -0.324 e. The minimum absolute atomic E-state index is 0.130. The van der Waals surface area contributed by atoms with Crippen molar-refractivity contribution in [2.45, 2.75) is 24.8 Å². The van der Waals surface area contributed by atoms with Crippen molar-refractivity contribution in [2.24, 2.45) is 5.73 Å². The zero-order chi connectivity index (χ0) is 8.32. The van der Waals surface area contributed by atoms with E-state index in [-0.39, 0.29) is 5.54 Å². The number of halogens is 2. The molecule has 0 heterocycles. The third-order valence-electron chi connectivity index (χ3n) is 1.88. The predicted molar refractivity (Wildman–Crippen MR) is 49.7 cm³/mol. The van der Waals surface area contributed by atoms with E-state index in [1.165, 1.54) is 0 Å². The third-order valence-corrected chi connectivity index (χ3v) is 2.19. The molecule has 1 aliphatic carbocycles. The number of nitrogens with two attached hydrogens (primary N) is 1. The zero-order valence-electron chi connectivity index (χ0n) is 6.19. The van der Waals surface area contributed by atoms with Crippen LogP contribution in [0.15, 0.2) is 22.7 Å². The van der Waals surface area contributed by atoms with Gasteiger partial charge in [0.1, 0.15) is 4.49 Å². The van der Waals surface area contributed by atoms with Crippen LogP contribution in [0.1, 0.15) is 19.3 Å². The fourth-order valence-corrected chi connectivity index (χ4v) is 1.32. The highest BCUT2D eigenvalue weighted by molar-refractivity contribution is 6.55. The van der Waals surface area contributed by atoms with Gasteiger partial charge in [0.15, 0.2) is 0 Å². The monoisotopic (exact) mass is 191 g/mol. The van der Waals surface area contributed by atoms with Gasteiger partial charge in [-0.15, -0.1) is 0 Å². The summed E-state index contributed by atoms with van der Waals surface area (Å²) in [5.41, 5.74) is 5.85. The Labute approximate surface area is 76.9 Å². The molecule has 0 saturated heterocycles. The second kappa shape index (κ2) is 3.61. The summed E-state index contributed by atoms with van der Waals surface area (Å²) in [6.07, 6.45) is 8.54. The Bertz CT molecular complexity index is 184. The van der Waals surface area contributed by atoms with Crippen LogP contribution < -0.4 is 5.73 Å². The highest BCUT2D eigenvalue weighted by atomic mass is 35.5. The molecule has 2 N–H and O–H groups in total. The second-order valence-electron chi connectivity index (χ2n) is 2.94. The second-order valence-corrected chi connectivity index (χ2v) is 3.95. The summed E-state index contributed by atoms with van der Waals surface area (Å²) >= 11 is 10.9. The molecule has 3 heteroatoms. The third kappa shape index (κ3) is 2.86. The Kier molecular flexibility index (Phi) is 2.99. The zero-order valence-corrected chi connectivity index (χ0v) is 7.70. The van der Waals surface area contributed by atoms with Gasteiger partial charge in [-0.1, -0.05) is 41.4 Å². The van der Waals surface area contributed by atoms with Crippen molar-refractivity contribution >= 4 is 23.2 Å². The van der Waals surface area contributed by atoms with E-state index in [4.69, 9.17) is 28.9 Å². The highest BCUT2D eigenvalue weighted by Gasteiger charge is 2.24. The molecule has 1 rings (SSSR count). The first-order valence-corrected chi connectivity index (χ1v) is 4.33. The highest BCUT2D eigenvalue weighted by Crippen LogP contribution is 2.25. The average molecular weight is 192 g/mol. The summed E-state index contributed by atoms with van der Waals surface area (Å²) in [5.74, 6) is 0. The molecule has 1 nitrogen and oxygen atoms in total. The van der Waals surface area contributed by atoms with Gasteiger partial charge in [0.05, 0.1) is 0 Å². The van der Waals surface area contributed by atoms with Gasteiger partial charge < -0.3 is 5.73 Å². The molecule has 0 atom stereocenters. The van der Waals surface area contributed by atoms with Crippen LogP contribution in [0.3, 0.4) is 0 Å². The van der Waals surface area contributed by atoms with Gasteiger partial charge in [-0.25, -0.2) is 0 Å². The largest absolute Gasteiger partial charge is 0.324 e. The van der Waals surface area contributed by atoms with Crippen LogP contribution in [-0.4, -0.2) is 5.54 Å². The van der Waals surface area contributed by atoms with Crippen molar-refractivity contribution in [1.29, 1.82) is 0 Å². The van der Waals surface area contributed by atoms with E-state index in [9.17, 15) is 0 Å². The molecule has 11 heavy (non-hydrogen) atoms. The molecule has 0 bridgehead atoms. The summed E-state index contributed by atoms with van der Waals surface area (Å²) in [4.78, 5) is 0. The topological polar surface area (TPSA) is 26.0 Å². The summed E-state index contributed by atoms with van der Waals surface area (Å²) in [7, 11) is 0.